The van der Waals surface area contributed by atoms with Crippen molar-refractivity contribution in [2.75, 3.05) is 19.7 Å². The minimum absolute atomic E-state index is 0.220. The van der Waals surface area contributed by atoms with Crippen molar-refractivity contribution in [1.29, 1.82) is 0 Å². The van der Waals surface area contributed by atoms with E-state index in [4.69, 9.17) is 9.47 Å². The third kappa shape index (κ3) is 3.24. The Balaban J connectivity index is 1.84. The molecule has 1 heterocycles. The second-order valence-corrected chi connectivity index (χ2v) is 5.37. The topological polar surface area (TPSA) is 30.5 Å². The summed E-state index contributed by atoms with van der Waals surface area (Å²) in [4.78, 5) is 0. The van der Waals surface area contributed by atoms with Gasteiger partial charge in [-0.25, -0.2) is 8.78 Å². The number of hydrogen-bond donors (Lipinski definition) is 1. The van der Waals surface area contributed by atoms with Crippen molar-refractivity contribution in [2.45, 2.75) is 31.5 Å². The van der Waals surface area contributed by atoms with Crippen LogP contribution in [0.4, 0.5) is 8.78 Å². The number of benzene rings is 1. The van der Waals surface area contributed by atoms with Gasteiger partial charge in [-0.15, -0.1) is 0 Å². The summed E-state index contributed by atoms with van der Waals surface area (Å²) in [6.07, 6.45) is 4.36. The Morgan fingerprint density at radius 3 is 2.71 bits per heavy atom. The Bertz CT molecular complexity index is 507. The van der Waals surface area contributed by atoms with Gasteiger partial charge in [-0.05, 0) is 37.0 Å². The molecule has 1 saturated heterocycles. The zero-order valence-electron chi connectivity index (χ0n) is 11.8. The second kappa shape index (κ2) is 6.54. The van der Waals surface area contributed by atoms with E-state index in [9.17, 15) is 8.78 Å². The highest BCUT2D eigenvalue weighted by Crippen LogP contribution is 2.30. The molecule has 1 aliphatic heterocycles. The van der Waals surface area contributed by atoms with E-state index in [1.165, 1.54) is 18.2 Å². The lowest BCUT2D eigenvalue weighted by Gasteiger charge is -2.32. The van der Waals surface area contributed by atoms with Crippen molar-refractivity contribution in [3.8, 4) is 5.75 Å². The summed E-state index contributed by atoms with van der Waals surface area (Å²) in [5.74, 6) is -1.67. The molecule has 1 fully saturated rings. The first-order valence-corrected chi connectivity index (χ1v) is 7.37. The maximum Gasteiger partial charge on any atom is 0.191 e. The molecule has 0 unspecified atom stereocenters. The molecule has 3 nitrogen and oxygen atoms in total. The van der Waals surface area contributed by atoms with E-state index in [1.54, 1.807) is 0 Å². The molecule has 0 saturated carbocycles. The fourth-order valence-electron chi connectivity index (χ4n) is 2.85. The molecule has 1 aromatic rings. The normalized spacial score (nSPS) is 23.7. The van der Waals surface area contributed by atoms with Crippen LogP contribution in [0.15, 0.2) is 29.8 Å². The third-order valence-electron chi connectivity index (χ3n) is 3.90. The maximum atomic E-state index is 13.8. The molecule has 1 aliphatic carbocycles. The first kappa shape index (κ1) is 14.5. The molecule has 1 aromatic carbocycles. The van der Waals surface area contributed by atoms with E-state index in [0.717, 1.165) is 31.4 Å². The smallest absolute Gasteiger partial charge is 0.191 e. The van der Waals surface area contributed by atoms with E-state index in [1.807, 2.05) is 0 Å². The third-order valence-corrected chi connectivity index (χ3v) is 3.90. The Kier molecular flexibility index (Phi) is 4.51. The number of nitrogens with one attached hydrogen (secondary N) is 1. The predicted molar refractivity (Wildman–Crippen MR) is 75.3 cm³/mol. The average Bonchev–Trinajstić information content (AvgIpc) is 3.02. The van der Waals surface area contributed by atoms with Crippen LogP contribution in [0, 0.1) is 11.6 Å². The molecule has 0 amide bonds. The Labute approximate surface area is 122 Å². The van der Waals surface area contributed by atoms with E-state index in [0.29, 0.717) is 13.2 Å². The van der Waals surface area contributed by atoms with Crippen LogP contribution in [-0.4, -0.2) is 31.9 Å². The Morgan fingerprint density at radius 2 is 2.10 bits per heavy atom. The van der Waals surface area contributed by atoms with Crippen LogP contribution in [0.3, 0.4) is 0 Å². The van der Waals surface area contributed by atoms with Crippen molar-refractivity contribution in [2.24, 2.45) is 0 Å². The van der Waals surface area contributed by atoms with Gasteiger partial charge in [0.25, 0.3) is 0 Å². The number of morpholine rings is 1. The Hall–Kier alpha value is -1.46. The molecule has 0 radical (unpaired) electrons. The molecule has 1 N–H and O–H groups in total. The van der Waals surface area contributed by atoms with Gasteiger partial charge in [0, 0.05) is 13.1 Å². The van der Waals surface area contributed by atoms with Crippen LogP contribution in [0.5, 0.6) is 5.75 Å². The van der Waals surface area contributed by atoms with Gasteiger partial charge in [0.1, 0.15) is 12.2 Å². The number of ether oxygens (including phenoxy) is 2. The standard InChI is InChI=1S/C16H19F2NO2/c17-12-6-3-7-13(18)16(12)21-15(11-4-1-2-5-11)14-10-19-8-9-20-14/h3-4,6-7,14-15,19H,1-2,5,8-10H2/t14-,15+/m0/s1. The summed E-state index contributed by atoms with van der Waals surface area (Å²) < 4.78 is 39.1. The summed E-state index contributed by atoms with van der Waals surface area (Å²) in [7, 11) is 0. The highest BCUT2D eigenvalue weighted by atomic mass is 19.1. The molecule has 2 atom stereocenters. The highest BCUT2D eigenvalue weighted by molar-refractivity contribution is 5.28. The average molecular weight is 295 g/mol. The molecule has 21 heavy (non-hydrogen) atoms. The van der Waals surface area contributed by atoms with Crippen LogP contribution < -0.4 is 10.1 Å². The summed E-state index contributed by atoms with van der Waals surface area (Å²) in [5.41, 5.74) is 1.08. The minimum atomic E-state index is -0.678. The van der Waals surface area contributed by atoms with Gasteiger partial charge in [-0.2, -0.15) is 0 Å². The largest absolute Gasteiger partial charge is 0.477 e. The van der Waals surface area contributed by atoms with Crippen LogP contribution in [0.1, 0.15) is 19.3 Å². The van der Waals surface area contributed by atoms with Gasteiger partial charge < -0.3 is 14.8 Å². The molecule has 0 bridgehead atoms. The molecule has 5 heteroatoms. The van der Waals surface area contributed by atoms with Gasteiger partial charge in [-0.3, -0.25) is 0 Å². The quantitative estimate of drug-likeness (QED) is 0.867. The summed E-state index contributed by atoms with van der Waals surface area (Å²) in [6.45, 7) is 1.99. The molecule has 0 spiro atoms. The molecular formula is C16H19F2NO2. The van der Waals surface area contributed by atoms with Crippen LogP contribution >= 0.6 is 0 Å². The summed E-state index contributed by atoms with van der Waals surface area (Å²) in [6, 6.07) is 3.75. The van der Waals surface area contributed by atoms with Gasteiger partial charge in [-0.1, -0.05) is 12.1 Å². The van der Waals surface area contributed by atoms with Crippen molar-refractivity contribution in [3.63, 3.8) is 0 Å². The summed E-state index contributed by atoms with van der Waals surface area (Å²) in [5, 5.41) is 3.23. The lowest BCUT2D eigenvalue weighted by molar-refractivity contribution is -0.0314. The second-order valence-electron chi connectivity index (χ2n) is 5.37. The van der Waals surface area contributed by atoms with Crippen molar-refractivity contribution >= 4 is 0 Å². The Morgan fingerprint density at radius 1 is 1.29 bits per heavy atom. The predicted octanol–water partition coefficient (Wildman–Crippen LogP) is 2.81. The number of hydrogen-bond acceptors (Lipinski definition) is 3. The maximum absolute atomic E-state index is 13.8. The van der Waals surface area contributed by atoms with E-state index < -0.39 is 17.7 Å². The SMILES string of the molecule is Fc1cccc(F)c1O[C@H](C1=CCCC1)[C@@H]1CNCCO1. The monoisotopic (exact) mass is 295 g/mol. The van der Waals surface area contributed by atoms with Gasteiger partial charge in [0.15, 0.2) is 17.4 Å². The van der Waals surface area contributed by atoms with E-state index in [2.05, 4.69) is 11.4 Å². The molecule has 3 rings (SSSR count). The van der Waals surface area contributed by atoms with E-state index in [-0.39, 0.29) is 11.9 Å². The zero-order chi connectivity index (χ0) is 14.7. The van der Waals surface area contributed by atoms with Crippen LogP contribution in [0.2, 0.25) is 0 Å². The highest BCUT2D eigenvalue weighted by Gasteiger charge is 2.31. The molecule has 0 aromatic heterocycles. The van der Waals surface area contributed by atoms with Gasteiger partial charge >= 0.3 is 0 Å². The van der Waals surface area contributed by atoms with Crippen LogP contribution in [0.25, 0.3) is 0 Å². The lowest BCUT2D eigenvalue weighted by Crippen LogP contribution is -2.48. The lowest BCUT2D eigenvalue weighted by atomic mass is 10.0. The molecule has 114 valence electrons. The van der Waals surface area contributed by atoms with Gasteiger partial charge in [0.2, 0.25) is 0 Å². The molecular weight excluding hydrogens is 276 g/mol. The fraction of sp³-hybridized carbons (Fsp3) is 0.500. The first-order chi connectivity index (χ1) is 10.3. The van der Waals surface area contributed by atoms with E-state index >= 15 is 0 Å². The fourth-order valence-corrected chi connectivity index (χ4v) is 2.85. The number of halogens is 2. The van der Waals surface area contributed by atoms with Crippen LogP contribution in [-0.2, 0) is 4.74 Å². The van der Waals surface area contributed by atoms with Crippen molar-refractivity contribution in [1.82, 2.24) is 5.32 Å². The van der Waals surface area contributed by atoms with Crippen molar-refractivity contribution < 1.29 is 18.3 Å². The number of para-hydroxylation sites is 1. The zero-order valence-corrected chi connectivity index (χ0v) is 11.8. The van der Waals surface area contributed by atoms with Gasteiger partial charge in [0.05, 0.1) is 6.61 Å². The minimum Gasteiger partial charge on any atom is -0.477 e. The summed E-state index contributed by atoms with van der Waals surface area (Å²) >= 11 is 0. The molecule has 2 aliphatic rings. The number of rotatable bonds is 4. The van der Waals surface area contributed by atoms with Crippen molar-refractivity contribution in [3.05, 3.63) is 41.5 Å². The number of allylic oxidation sites excluding steroid dienone is 1. The first-order valence-electron chi connectivity index (χ1n) is 7.37.